The first-order valence-corrected chi connectivity index (χ1v) is 8.14. The lowest BCUT2D eigenvalue weighted by atomic mass is 10.1. The van der Waals surface area contributed by atoms with Crippen molar-refractivity contribution in [1.82, 2.24) is 10.2 Å². The SMILES string of the molecule is CCCCOc1ccc(NC(=O)N2CCC(C(=O)NC)C2)cc1. The van der Waals surface area contributed by atoms with Crippen molar-refractivity contribution >= 4 is 17.6 Å². The molecule has 2 rings (SSSR count). The molecule has 1 atom stereocenters. The molecule has 1 aromatic carbocycles. The van der Waals surface area contributed by atoms with Gasteiger partial charge in [-0.05, 0) is 37.1 Å². The second kappa shape index (κ2) is 8.41. The van der Waals surface area contributed by atoms with Crippen molar-refractivity contribution in [2.75, 3.05) is 32.1 Å². The van der Waals surface area contributed by atoms with Gasteiger partial charge < -0.3 is 20.3 Å². The number of ether oxygens (including phenoxy) is 1. The Bertz CT molecular complexity index is 530. The Balaban J connectivity index is 1.82. The molecule has 1 aromatic rings. The Labute approximate surface area is 137 Å². The largest absolute Gasteiger partial charge is 0.494 e. The number of hydrogen-bond acceptors (Lipinski definition) is 3. The number of carbonyl (C=O) groups is 2. The standard InChI is InChI=1S/C17H25N3O3/c1-3-4-11-23-15-7-5-14(6-8-15)19-17(22)20-10-9-13(12-20)16(21)18-2/h5-8,13H,3-4,9-12H2,1-2H3,(H,18,21)(H,19,22). The number of nitrogens with zero attached hydrogens (tertiary/aromatic N) is 1. The highest BCUT2D eigenvalue weighted by molar-refractivity contribution is 5.90. The topological polar surface area (TPSA) is 70.7 Å². The molecule has 0 bridgehead atoms. The van der Waals surface area contributed by atoms with Gasteiger partial charge in [0, 0.05) is 25.8 Å². The zero-order chi connectivity index (χ0) is 16.7. The van der Waals surface area contributed by atoms with E-state index in [4.69, 9.17) is 4.74 Å². The van der Waals surface area contributed by atoms with Gasteiger partial charge in [-0.25, -0.2) is 4.79 Å². The summed E-state index contributed by atoms with van der Waals surface area (Å²) in [6.45, 7) is 3.89. The van der Waals surface area contributed by atoms with Crippen molar-refractivity contribution < 1.29 is 14.3 Å². The summed E-state index contributed by atoms with van der Waals surface area (Å²) in [5.74, 6) is 0.686. The molecule has 1 heterocycles. The van der Waals surface area contributed by atoms with Crippen molar-refractivity contribution in [3.63, 3.8) is 0 Å². The van der Waals surface area contributed by atoms with Crippen LogP contribution >= 0.6 is 0 Å². The average Bonchev–Trinajstić information content (AvgIpc) is 3.06. The lowest BCUT2D eigenvalue weighted by Crippen LogP contribution is -2.35. The predicted octanol–water partition coefficient (Wildman–Crippen LogP) is 2.47. The number of hydrogen-bond donors (Lipinski definition) is 2. The molecule has 0 aliphatic carbocycles. The van der Waals surface area contributed by atoms with Crippen molar-refractivity contribution in [3.8, 4) is 5.75 Å². The Morgan fingerprint density at radius 1 is 1.30 bits per heavy atom. The molecule has 3 amide bonds. The molecule has 0 spiro atoms. The van der Waals surface area contributed by atoms with E-state index in [1.165, 1.54) is 0 Å². The minimum absolute atomic E-state index is 0.00567. The van der Waals surface area contributed by atoms with Gasteiger partial charge in [0.2, 0.25) is 5.91 Å². The van der Waals surface area contributed by atoms with Gasteiger partial charge in [-0.2, -0.15) is 0 Å². The molecule has 0 radical (unpaired) electrons. The Morgan fingerprint density at radius 3 is 2.70 bits per heavy atom. The first-order valence-electron chi connectivity index (χ1n) is 8.14. The van der Waals surface area contributed by atoms with Crippen LogP contribution in [0.3, 0.4) is 0 Å². The van der Waals surface area contributed by atoms with E-state index in [0.717, 1.165) is 24.3 Å². The second-order valence-electron chi connectivity index (χ2n) is 5.70. The zero-order valence-electron chi connectivity index (χ0n) is 13.8. The number of benzene rings is 1. The van der Waals surface area contributed by atoms with E-state index in [-0.39, 0.29) is 17.9 Å². The number of carbonyl (C=O) groups excluding carboxylic acids is 2. The van der Waals surface area contributed by atoms with Crippen LogP contribution in [0.2, 0.25) is 0 Å². The highest BCUT2D eigenvalue weighted by Gasteiger charge is 2.30. The lowest BCUT2D eigenvalue weighted by Gasteiger charge is -2.17. The molecule has 1 unspecified atom stereocenters. The molecule has 1 aliphatic rings. The number of rotatable bonds is 6. The van der Waals surface area contributed by atoms with E-state index in [9.17, 15) is 9.59 Å². The maximum atomic E-state index is 12.2. The van der Waals surface area contributed by atoms with Crippen LogP contribution in [0.4, 0.5) is 10.5 Å². The summed E-state index contributed by atoms with van der Waals surface area (Å²) in [5, 5.41) is 5.49. The third-order valence-electron chi connectivity index (χ3n) is 3.96. The minimum atomic E-state index is -0.170. The average molecular weight is 319 g/mol. The van der Waals surface area contributed by atoms with E-state index >= 15 is 0 Å². The minimum Gasteiger partial charge on any atom is -0.494 e. The van der Waals surface area contributed by atoms with Crippen LogP contribution in [0, 0.1) is 5.92 Å². The number of unbranched alkanes of at least 4 members (excludes halogenated alkanes) is 1. The molecule has 1 saturated heterocycles. The molecule has 0 saturated carbocycles. The van der Waals surface area contributed by atoms with Crippen LogP contribution in [0.5, 0.6) is 5.75 Å². The third kappa shape index (κ3) is 4.87. The monoisotopic (exact) mass is 319 g/mol. The van der Waals surface area contributed by atoms with Crippen LogP contribution in [0.25, 0.3) is 0 Å². The molecule has 23 heavy (non-hydrogen) atoms. The van der Waals surface area contributed by atoms with Crippen molar-refractivity contribution in [2.45, 2.75) is 26.2 Å². The van der Waals surface area contributed by atoms with Crippen molar-refractivity contribution in [2.24, 2.45) is 5.92 Å². The quantitative estimate of drug-likeness (QED) is 0.791. The molecule has 126 valence electrons. The van der Waals surface area contributed by atoms with Gasteiger partial charge in [-0.15, -0.1) is 0 Å². The van der Waals surface area contributed by atoms with E-state index in [0.29, 0.717) is 26.1 Å². The summed E-state index contributed by atoms with van der Waals surface area (Å²) in [6, 6.07) is 7.18. The Kier molecular flexibility index (Phi) is 6.26. The van der Waals surface area contributed by atoms with Gasteiger partial charge in [0.05, 0.1) is 12.5 Å². The van der Waals surface area contributed by atoms with Crippen molar-refractivity contribution in [3.05, 3.63) is 24.3 Å². The molecule has 6 heteroatoms. The normalized spacial score (nSPS) is 17.0. The smallest absolute Gasteiger partial charge is 0.321 e. The highest BCUT2D eigenvalue weighted by atomic mass is 16.5. The van der Waals surface area contributed by atoms with Gasteiger partial charge in [-0.1, -0.05) is 13.3 Å². The van der Waals surface area contributed by atoms with Gasteiger partial charge in [-0.3, -0.25) is 4.79 Å². The molecular weight excluding hydrogens is 294 g/mol. The van der Waals surface area contributed by atoms with Crippen LogP contribution < -0.4 is 15.4 Å². The van der Waals surface area contributed by atoms with Gasteiger partial charge in [0.25, 0.3) is 0 Å². The summed E-state index contributed by atoms with van der Waals surface area (Å²) < 4.78 is 5.59. The summed E-state index contributed by atoms with van der Waals surface area (Å²) in [4.78, 5) is 25.5. The van der Waals surface area contributed by atoms with Gasteiger partial charge in [0.15, 0.2) is 0 Å². The number of likely N-dealkylation sites (tertiary alicyclic amines) is 1. The molecule has 1 aliphatic heterocycles. The summed E-state index contributed by atoms with van der Waals surface area (Å²) in [6.07, 6.45) is 2.83. The first-order chi connectivity index (χ1) is 11.1. The van der Waals surface area contributed by atoms with Crippen LogP contribution in [-0.2, 0) is 4.79 Å². The second-order valence-corrected chi connectivity index (χ2v) is 5.70. The van der Waals surface area contributed by atoms with E-state index in [1.807, 2.05) is 24.3 Å². The number of urea groups is 1. The maximum absolute atomic E-state index is 12.2. The Morgan fingerprint density at radius 2 is 2.04 bits per heavy atom. The third-order valence-corrected chi connectivity index (χ3v) is 3.96. The van der Waals surface area contributed by atoms with Gasteiger partial charge >= 0.3 is 6.03 Å². The first kappa shape index (κ1) is 17.1. The molecular formula is C17H25N3O3. The maximum Gasteiger partial charge on any atom is 0.321 e. The fourth-order valence-corrected chi connectivity index (χ4v) is 2.53. The molecule has 0 aromatic heterocycles. The van der Waals surface area contributed by atoms with E-state index in [1.54, 1.807) is 11.9 Å². The summed E-state index contributed by atoms with van der Waals surface area (Å²) >= 11 is 0. The Hall–Kier alpha value is -2.24. The van der Waals surface area contributed by atoms with Gasteiger partial charge in [0.1, 0.15) is 5.75 Å². The summed E-state index contributed by atoms with van der Waals surface area (Å²) in [7, 11) is 1.62. The molecule has 2 N–H and O–H groups in total. The zero-order valence-corrected chi connectivity index (χ0v) is 13.8. The number of amides is 3. The van der Waals surface area contributed by atoms with E-state index < -0.39 is 0 Å². The molecule has 6 nitrogen and oxygen atoms in total. The number of nitrogens with one attached hydrogen (secondary N) is 2. The lowest BCUT2D eigenvalue weighted by molar-refractivity contribution is -0.124. The van der Waals surface area contributed by atoms with Crippen LogP contribution in [0.1, 0.15) is 26.2 Å². The summed E-state index contributed by atoms with van der Waals surface area (Å²) in [5.41, 5.74) is 0.723. The molecule has 1 fully saturated rings. The highest BCUT2D eigenvalue weighted by Crippen LogP contribution is 2.19. The number of anilines is 1. The fraction of sp³-hybridized carbons (Fsp3) is 0.529. The van der Waals surface area contributed by atoms with E-state index in [2.05, 4.69) is 17.6 Å². The van der Waals surface area contributed by atoms with Crippen molar-refractivity contribution in [1.29, 1.82) is 0 Å². The fourth-order valence-electron chi connectivity index (χ4n) is 2.53. The van der Waals surface area contributed by atoms with Crippen LogP contribution in [0.15, 0.2) is 24.3 Å². The van der Waals surface area contributed by atoms with Crippen LogP contribution in [-0.4, -0.2) is 43.6 Å². The predicted molar refractivity (Wildman–Crippen MR) is 89.6 cm³/mol.